The van der Waals surface area contributed by atoms with Gasteiger partial charge in [0.25, 0.3) is 11.1 Å². The monoisotopic (exact) mass is 392 g/mol. The summed E-state index contributed by atoms with van der Waals surface area (Å²) >= 11 is 0. The summed E-state index contributed by atoms with van der Waals surface area (Å²) in [6.45, 7) is 3.48. The fourth-order valence-electron chi connectivity index (χ4n) is 3.79. The molecule has 0 amide bonds. The first-order valence-corrected chi connectivity index (χ1v) is 9.31. The minimum Gasteiger partial charge on any atom is -0.450 e. The van der Waals surface area contributed by atoms with Crippen LogP contribution in [0, 0.1) is 19.7 Å². The molecular formula is C23H21FN2O3. The fourth-order valence-corrected chi connectivity index (χ4v) is 3.79. The van der Waals surface area contributed by atoms with Crippen molar-refractivity contribution >= 4 is 6.08 Å². The first kappa shape index (κ1) is 18.9. The molecule has 6 heteroatoms. The molecular weight excluding hydrogens is 371 g/mol. The van der Waals surface area contributed by atoms with Gasteiger partial charge in [-0.15, -0.1) is 0 Å². The molecule has 1 aliphatic rings. The second-order valence-corrected chi connectivity index (χ2v) is 7.40. The lowest BCUT2D eigenvalue weighted by atomic mass is 9.99. The van der Waals surface area contributed by atoms with Gasteiger partial charge in [-0.2, -0.15) is 0 Å². The number of pyridine rings is 2. The van der Waals surface area contributed by atoms with Crippen LogP contribution in [0.4, 0.5) is 4.39 Å². The van der Waals surface area contributed by atoms with Crippen LogP contribution in [-0.4, -0.2) is 9.13 Å². The molecule has 2 aromatic heterocycles. The molecule has 29 heavy (non-hydrogen) atoms. The predicted molar refractivity (Wildman–Crippen MR) is 111 cm³/mol. The fraction of sp³-hybridized carbons (Fsp3) is 0.217. The zero-order valence-electron chi connectivity index (χ0n) is 16.7. The molecule has 0 N–H and O–H groups in total. The van der Waals surface area contributed by atoms with Gasteiger partial charge in [-0.25, -0.2) is 4.39 Å². The van der Waals surface area contributed by atoms with E-state index in [1.165, 1.54) is 21.3 Å². The topological polar surface area (TPSA) is 53.2 Å². The van der Waals surface area contributed by atoms with Gasteiger partial charge in [0.1, 0.15) is 11.6 Å². The van der Waals surface area contributed by atoms with Gasteiger partial charge < -0.3 is 13.9 Å². The van der Waals surface area contributed by atoms with E-state index < -0.39 is 0 Å². The Labute approximate surface area is 167 Å². The molecule has 1 aromatic carbocycles. The number of rotatable bonds is 3. The maximum atomic E-state index is 13.7. The molecule has 4 rings (SSSR count). The van der Waals surface area contributed by atoms with Crippen LogP contribution in [0.5, 0.6) is 11.5 Å². The predicted octanol–water partition coefficient (Wildman–Crippen LogP) is 3.87. The van der Waals surface area contributed by atoms with Crippen LogP contribution in [0.1, 0.15) is 22.3 Å². The summed E-state index contributed by atoms with van der Waals surface area (Å²) in [7, 11) is 3.34. The Bertz CT molecular complexity index is 1280. The molecule has 0 aliphatic heterocycles. The highest BCUT2D eigenvalue weighted by Crippen LogP contribution is 2.37. The highest BCUT2D eigenvalue weighted by Gasteiger charge is 2.22. The molecule has 0 radical (unpaired) electrons. The number of hydrogen-bond donors (Lipinski definition) is 0. The largest absolute Gasteiger partial charge is 0.450 e. The van der Waals surface area contributed by atoms with E-state index in [1.54, 1.807) is 46.4 Å². The van der Waals surface area contributed by atoms with Crippen molar-refractivity contribution < 1.29 is 9.13 Å². The summed E-state index contributed by atoms with van der Waals surface area (Å²) < 4.78 is 22.8. The van der Waals surface area contributed by atoms with Crippen molar-refractivity contribution in [2.45, 2.75) is 20.3 Å². The Balaban J connectivity index is 1.98. The van der Waals surface area contributed by atoms with Crippen molar-refractivity contribution in [2.75, 3.05) is 0 Å². The molecule has 0 bridgehead atoms. The maximum Gasteiger partial charge on any atom is 0.293 e. The van der Waals surface area contributed by atoms with Crippen molar-refractivity contribution in [1.29, 1.82) is 0 Å². The standard InChI is InChI=1S/C23H21FN2O3/c1-13-10-15(24)11-14(2)20(13)29-21-17(8-9-25(3)23(21)28)19-12-26(4)22(27)18-7-5-6-16(18)19/h5-6,8-12H,7H2,1-4H3. The summed E-state index contributed by atoms with van der Waals surface area (Å²) in [5.41, 5.74) is 3.69. The number of ether oxygens (including phenoxy) is 1. The minimum absolute atomic E-state index is 0.0507. The van der Waals surface area contributed by atoms with E-state index in [0.29, 0.717) is 34.4 Å². The van der Waals surface area contributed by atoms with E-state index in [0.717, 1.165) is 11.1 Å². The van der Waals surface area contributed by atoms with Gasteiger partial charge in [0.05, 0.1) is 0 Å². The minimum atomic E-state index is -0.352. The van der Waals surface area contributed by atoms with Crippen molar-refractivity contribution in [3.05, 3.63) is 85.4 Å². The normalized spacial score (nSPS) is 12.3. The van der Waals surface area contributed by atoms with Crippen molar-refractivity contribution in [3.8, 4) is 22.6 Å². The number of nitrogens with zero attached hydrogens (tertiary/aromatic N) is 2. The second-order valence-electron chi connectivity index (χ2n) is 7.40. The van der Waals surface area contributed by atoms with Crippen molar-refractivity contribution in [3.63, 3.8) is 0 Å². The third kappa shape index (κ3) is 3.10. The number of aryl methyl sites for hydroxylation is 4. The molecule has 0 atom stereocenters. The molecule has 0 spiro atoms. The lowest BCUT2D eigenvalue weighted by Crippen LogP contribution is -2.22. The van der Waals surface area contributed by atoms with Gasteiger partial charge in [0, 0.05) is 43.2 Å². The Morgan fingerprint density at radius 3 is 2.34 bits per heavy atom. The highest BCUT2D eigenvalue weighted by molar-refractivity contribution is 5.81. The van der Waals surface area contributed by atoms with Gasteiger partial charge in [-0.1, -0.05) is 12.2 Å². The molecule has 0 saturated heterocycles. The van der Waals surface area contributed by atoms with E-state index in [1.807, 2.05) is 12.2 Å². The first-order chi connectivity index (χ1) is 13.8. The first-order valence-electron chi connectivity index (χ1n) is 9.31. The quantitative estimate of drug-likeness (QED) is 0.680. The maximum absolute atomic E-state index is 13.7. The number of halogens is 1. The second kappa shape index (κ2) is 6.88. The van der Waals surface area contributed by atoms with E-state index in [4.69, 9.17) is 4.74 Å². The van der Waals surface area contributed by atoms with Gasteiger partial charge in [0.2, 0.25) is 0 Å². The average molecular weight is 392 g/mol. The summed E-state index contributed by atoms with van der Waals surface area (Å²) in [5.74, 6) is 0.247. The molecule has 3 aromatic rings. The smallest absolute Gasteiger partial charge is 0.293 e. The lowest BCUT2D eigenvalue weighted by Gasteiger charge is -2.17. The summed E-state index contributed by atoms with van der Waals surface area (Å²) in [6.07, 6.45) is 7.80. The van der Waals surface area contributed by atoms with Gasteiger partial charge in [-0.3, -0.25) is 9.59 Å². The van der Waals surface area contributed by atoms with E-state index in [9.17, 15) is 14.0 Å². The third-order valence-electron chi connectivity index (χ3n) is 5.27. The number of benzene rings is 1. The molecule has 5 nitrogen and oxygen atoms in total. The Hall–Kier alpha value is -3.41. The van der Waals surface area contributed by atoms with Crippen LogP contribution < -0.4 is 15.9 Å². The summed E-state index contributed by atoms with van der Waals surface area (Å²) in [5, 5.41) is 0. The summed E-state index contributed by atoms with van der Waals surface area (Å²) in [6, 6.07) is 4.56. The van der Waals surface area contributed by atoms with Gasteiger partial charge in [-0.05, 0) is 55.2 Å². The van der Waals surface area contributed by atoms with Crippen LogP contribution in [-0.2, 0) is 20.5 Å². The molecule has 0 fully saturated rings. The third-order valence-corrected chi connectivity index (χ3v) is 5.27. The number of hydrogen-bond acceptors (Lipinski definition) is 3. The SMILES string of the molecule is Cc1cc(F)cc(C)c1Oc1c(-c2cn(C)c(=O)c3c2C=CC3)ccn(C)c1=O. The highest BCUT2D eigenvalue weighted by atomic mass is 19.1. The Morgan fingerprint density at radius 2 is 1.66 bits per heavy atom. The average Bonchev–Trinajstić information content (AvgIpc) is 3.15. The number of fused-ring (bicyclic) bond motifs is 1. The zero-order valence-corrected chi connectivity index (χ0v) is 16.7. The van der Waals surface area contributed by atoms with Crippen molar-refractivity contribution in [2.24, 2.45) is 14.1 Å². The molecule has 0 saturated carbocycles. The number of aromatic nitrogens is 2. The van der Waals surface area contributed by atoms with Crippen LogP contribution in [0.2, 0.25) is 0 Å². The lowest BCUT2D eigenvalue weighted by molar-refractivity contribution is 0.462. The van der Waals surface area contributed by atoms with E-state index in [2.05, 4.69) is 0 Å². The van der Waals surface area contributed by atoms with E-state index >= 15 is 0 Å². The van der Waals surface area contributed by atoms with Crippen LogP contribution in [0.25, 0.3) is 17.2 Å². The number of allylic oxidation sites excluding steroid dienone is 1. The van der Waals surface area contributed by atoms with Gasteiger partial charge >= 0.3 is 0 Å². The molecule has 2 heterocycles. The molecule has 0 unspecified atom stereocenters. The van der Waals surface area contributed by atoms with Crippen LogP contribution in [0.3, 0.4) is 0 Å². The Kier molecular flexibility index (Phi) is 4.49. The van der Waals surface area contributed by atoms with E-state index in [-0.39, 0.29) is 22.7 Å². The molecule has 1 aliphatic carbocycles. The molecule has 148 valence electrons. The van der Waals surface area contributed by atoms with Crippen molar-refractivity contribution in [1.82, 2.24) is 9.13 Å². The summed E-state index contributed by atoms with van der Waals surface area (Å²) in [4.78, 5) is 25.4. The Morgan fingerprint density at radius 1 is 0.966 bits per heavy atom. The van der Waals surface area contributed by atoms with Crippen LogP contribution in [0.15, 0.2) is 46.3 Å². The zero-order chi connectivity index (χ0) is 20.9. The van der Waals surface area contributed by atoms with Crippen LogP contribution >= 0.6 is 0 Å². The van der Waals surface area contributed by atoms with Gasteiger partial charge in [0.15, 0.2) is 5.75 Å².